The van der Waals surface area contributed by atoms with E-state index in [9.17, 15) is 4.79 Å². The number of nitrogens with zero attached hydrogens (tertiary/aromatic N) is 4. The van der Waals surface area contributed by atoms with Crippen molar-refractivity contribution in [1.29, 1.82) is 0 Å². The van der Waals surface area contributed by atoms with Crippen LogP contribution in [0.3, 0.4) is 0 Å². The zero-order valence-corrected chi connectivity index (χ0v) is 22.9. The highest BCUT2D eigenvalue weighted by Crippen LogP contribution is 2.25. The van der Waals surface area contributed by atoms with Gasteiger partial charge in [-0.2, -0.15) is 5.10 Å². The van der Waals surface area contributed by atoms with E-state index in [1.165, 1.54) is 4.68 Å². The maximum atomic E-state index is 12.4. The van der Waals surface area contributed by atoms with Crippen molar-refractivity contribution in [3.8, 4) is 11.5 Å². The van der Waals surface area contributed by atoms with Gasteiger partial charge >= 0.3 is 0 Å². The fraction of sp³-hybridized carbons (Fsp3) is 0.154. The van der Waals surface area contributed by atoms with Crippen molar-refractivity contribution in [2.75, 3.05) is 28.9 Å². The molecule has 0 aliphatic heterocycles. The first-order valence-electron chi connectivity index (χ1n) is 11.6. The van der Waals surface area contributed by atoms with E-state index < -0.39 is 0 Å². The number of hydrogen-bond donors (Lipinski definition) is 3. The van der Waals surface area contributed by atoms with Gasteiger partial charge in [0.1, 0.15) is 18.1 Å². The zero-order chi connectivity index (χ0) is 26.7. The van der Waals surface area contributed by atoms with Crippen molar-refractivity contribution in [3.05, 3.63) is 88.4 Å². The van der Waals surface area contributed by atoms with E-state index >= 15 is 0 Å². The van der Waals surface area contributed by atoms with Gasteiger partial charge in [0, 0.05) is 10.0 Å². The van der Waals surface area contributed by atoms with Crippen LogP contribution in [0.2, 0.25) is 0 Å². The maximum Gasteiger partial charge on any atom is 0.264 e. The number of carbonyl (C=O) groups excluding carboxylic acids is 1. The van der Waals surface area contributed by atoms with Gasteiger partial charge in [0.05, 0.1) is 24.3 Å². The summed E-state index contributed by atoms with van der Waals surface area (Å²) in [5, 5.41) is 15.5. The minimum absolute atomic E-state index is 0.0851. The summed E-state index contributed by atoms with van der Waals surface area (Å²) in [5.41, 5.74) is 5.20. The van der Waals surface area contributed by atoms with Crippen LogP contribution in [0.1, 0.15) is 18.1 Å². The number of anilines is 2. The molecule has 0 aliphatic carbocycles. The molecular formula is C26H26BrN7O3S. The van der Waals surface area contributed by atoms with E-state index in [4.69, 9.17) is 15.3 Å². The van der Waals surface area contributed by atoms with Gasteiger partial charge in [-0.25, -0.2) is 10.1 Å². The molecule has 10 nitrogen and oxygen atoms in total. The lowest BCUT2D eigenvalue weighted by Gasteiger charge is -2.11. The lowest BCUT2D eigenvalue weighted by Crippen LogP contribution is -2.17. The van der Waals surface area contributed by atoms with Crippen molar-refractivity contribution in [3.63, 3.8) is 0 Å². The van der Waals surface area contributed by atoms with Crippen molar-refractivity contribution in [2.24, 2.45) is 5.10 Å². The lowest BCUT2D eigenvalue weighted by molar-refractivity contribution is -0.113. The van der Waals surface area contributed by atoms with Gasteiger partial charge in [-0.1, -0.05) is 64.1 Å². The van der Waals surface area contributed by atoms with Gasteiger partial charge in [-0.15, -0.1) is 10.2 Å². The highest BCUT2D eigenvalue weighted by molar-refractivity contribution is 9.10. The number of nitrogens with two attached hydrogens (primary N) is 1. The molecule has 1 amide bonds. The summed E-state index contributed by atoms with van der Waals surface area (Å²) in [4.78, 5) is 12.4. The first-order chi connectivity index (χ1) is 18.5. The molecule has 4 N–H and O–H groups in total. The second-order valence-corrected chi connectivity index (χ2v) is 9.63. The second kappa shape index (κ2) is 13.5. The van der Waals surface area contributed by atoms with E-state index in [0.29, 0.717) is 35.6 Å². The Morgan fingerprint density at radius 1 is 1.08 bits per heavy atom. The summed E-state index contributed by atoms with van der Waals surface area (Å²) >= 11 is 4.62. The first kappa shape index (κ1) is 27.0. The number of carbonyl (C=O) groups is 1. The molecule has 1 aromatic heterocycles. The lowest BCUT2D eigenvalue weighted by atomic mass is 10.2. The molecule has 0 radical (unpaired) electrons. The number of nitrogens with one attached hydrogen (secondary N) is 2. The molecule has 0 bridgehead atoms. The van der Waals surface area contributed by atoms with Crippen LogP contribution in [0.4, 0.5) is 11.6 Å². The topological polar surface area (TPSA) is 129 Å². The minimum atomic E-state index is -0.225. The number of hydrogen-bond acceptors (Lipinski definition) is 9. The number of aromatic nitrogens is 3. The Morgan fingerprint density at radius 2 is 1.87 bits per heavy atom. The summed E-state index contributed by atoms with van der Waals surface area (Å²) in [6, 6.07) is 22.7. The van der Waals surface area contributed by atoms with Gasteiger partial charge in [0.15, 0.2) is 0 Å². The Labute approximate surface area is 232 Å². The number of benzene rings is 3. The average Bonchev–Trinajstić information content (AvgIpc) is 3.27. The highest BCUT2D eigenvalue weighted by Gasteiger charge is 2.13. The molecule has 0 aliphatic rings. The molecule has 0 fully saturated rings. The van der Waals surface area contributed by atoms with Crippen LogP contribution >= 0.6 is 27.7 Å². The normalized spacial score (nSPS) is 10.9. The molecule has 4 aromatic rings. The number of thioether (sulfide) groups is 1. The van der Waals surface area contributed by atoms with Crippen LogP contribution < -0.4 is 26.1 Å². The van der Waals surface area contributed by atoms with Gasteiger partial charge in [0.2, 0.25) is 11.1 Å². The van der Waals surface area contributed by atoms with Crippen molar-refractivity contribution in [2.45, 2.75) is 18.7 Å². The minimum Gasteiger partial charge on any atom is -0.492 e. The fourth-order valence-corrected chi connectivity index (χ4v) is 4.39. The van der Waals surface area contributed by atoms with Crippen LogP contribution in [0.5, 0.6) is 11.5 Å². The molecule has 38 heavy (non-hydrogen) atoms. The third kappa shape index (κ3) is 7.49. The molecule has 0 saturated carbocycles. The van der Waals surface area contributed by atoms with Gasteiger partial charge < -0.3 is 20.6 Å². The third-order valence-corrected chi connectivity index (χ3v) is 6.46. The Bertz CT molecular complexity index is 1410. The number of nitrogen functional groups attached to an aromatic ring is 1. The maximum absolute atomic E-state index is 12.4. The summed E-state index contributed by atoms with van der Waals surface area (Å²) < 4.78 is 13.7. The molecular weight excluding hydrogens is 570 g/mol. The van der Waals surface area contributed by atoms with Crippen LogP contribution in [0, 0.1) is 0 Å². The predicted molar refractivity (Wildman–Crippen MR) is 153 cm³/mol. The molecule has 0 spiro atoms. The quantitative estimate of drug-likeness (QED) is 0.0911. The largest absolute Gasteiger partial charge is 0.492 e. The van der Waals surface area contributed by atoms with Gasteiger partial charge in [-0.3, -0.25) is 4.79 Å². The predicted octanol–water partition coefficient (Wildman–Crippen LogP) is 4.91. The number of rotatable bonds is 12. The average molecular weight is 597 g/mol. The molecule has 0 atom stereocenters. The van der Waals surface area contributed by atoms with Crippen LogP contribution in [-0.4, -0.2) is 39.4 Å². The van der Waals surface area contributed by atoms with E-state index in [1.54, 1.807) is 18.3 Å². The zero-order valence-electron chi connectivity index (χ0n) is 20.5. The standard InChI is InChI=1S/C26H26BrN7O3S/c1-2-36-23-13-6-4-11-21(23)30-24(35)17-38-26-33-32-25(34(26)28)31-29-15-19-9-3-5-12-22(19)37-16-18-8-7-10-20(27)14-18/h3-15H,2,16-17,28H2,1H3,(H,30,35)(H,31,32)/b29-15+. The molecule has 12 heteroatoms. The smallest absolute Gasteiger partial charge is 0.264 e. The Hall–Kier alpha value is -4.03. The van der Waals surface area contributed by atoms with Crippen LogP contribution in [-0.2, 0) is 11.4 Å². The molecule has 4 rings (SSSR count). The van der Waals surface area contributed by atoms with E-state index in [1.807, 2.05) is 67.6 Å². The van der Waals surface area contributed by atoms with E-state index in [0.717, 1.165) is 27.4 Å². The summed E-state index contributed by atoms with van der Waals surface area (Å²) in [6.07, 6.45) is 1.61. The molecule has 0 saturated heterocycles. The summed E-state index contributed by atoms with van der Waals surface area (Å²) in [5.74, 6) is 7.47. The van der Waals surface area contributed by atoms with Crippen molar-refractivity contribution in [1.82, 2.24) is 14.9 Å². The number of halogens is 1. The third-order valence-electron chi connectivity index (χ3n) is 5.03. The molecule has 0 unspecified atom stereocenters. The Kier molecular flexibility index (Phi) is 9.59. The van der Waals surface area contributed by atoms with E-state index in [-0.39, 0.29) is 17.6 Å². The van der Waals surface area contributed by atoms with E-state index in [2.05, 4.69) is 42.0 Å². The van der Waals surface area contributed by atoms with Crippen molar-refractivity contribution < 1.29 is 14.3 Å². The van der Waals surface area contributed by atoms with Crippen molar-refractivity contribution >= 4 is 51.4 Å². The monoisotopic (exact) mass is 595 g/mol. The summed E-state index contributed by atoms with van der Waals surface area (Å²) in [7, 11) is 0. The van der Waals surface area contributed by atoms with Gasteiger partial charge in [0.25, 0.3) is 5.95 Å². The number of amides is 1. The molecule has 196 valence electrons. The highest BCUT2D eigenvalue weighted by atomic mass is 79.9. The first-order valence-corrected chi connectivity index (χ1v) is 13.4. The number of para-hydroxylation sites is 3. The second-order valence-electron chi connectivity index (χ2n) is 7.77. The Morgan fingerprint density at radius 3 is 2.68 bits per heavy atom. The molecule has 3 aromatic carbocycles. The van der Waals surface area contributed by atoms with Crippen LogP contribution in [0.25, 0.3) is 0 Å². The van der Waals surface area contributed by atoms with Gasteiger partial charge in [-0.05, 0) is 48.9 Å². The number of ether oxygens (including phenoxy) is 2. The molecule has 1 heterocycles. The number of hydrazone groups is 1. The fourth-order valence-electron chi connectivity index (χ4n) is 3.29. The van der Waals surface area contributed by atoms with Crippen LogP contribution in [0.15, 0.2) is 87.5 Å². The Balaban J connectivity index is 1.31. The SMILES string of the molecule is CCOc1ccccc1NC(=O)CSc1nnc(N/N=C/c2ccccc2OCc2cccc(Br)c2)n1N. The summed E-state index contributed by atoms with van der Waals surface area (Å²) in [6.45, 7) is 2.80.